The first-order chi connectivity index (χ1) is 9.74. The van der Waals surface area contributed by atoms with Crippen molar-refractivity contribution in [3.63, 3.8) is 0 Å². The zero-order valence-corrected chi connectivity index (χ0v) is 15.6. The number of aliphatic imine (C=N–C) groups is 1. The number of guanidine groups is 1. The van der Waals surface area contributed by atoms with Crippen LogP contribution in [0.3, 0.4) is 0 Å². The predicted molar refractivity (Wildman–Crippen MR) is 98.1 cm³/mol. The van der Waals surface area contributed by atoms with Gasteiger partial charge in [-0.05, 0) is 31.0 Å². The van der Waals surface area contributed by atoms with Crippen LogP contribution < -0.4 is 20.1 Å². The lowest BCUT2D eigenvalue weighted by molar-refractivity contribution is 0.354. The van der Waals surface area contributed by atoms with Crippen LogP contribution in [0.15, 0.2) is 23.2 Å². The van der Waals surface area contributed by atoms with Crippen LogP contribution in [0.1, 0.15) is 25.8 Å². The Morgan fingerprint density at radius 1 is 1.10 bits per heavy atom. The van der Waals surface area contributed by atoms with Gasteiger partial charge in [-0.25, -0.2) is 4.99 Å². The van der Waals surface area contributed by atoms with E-state index in [0.29, 0.717) is 6.54 Å². The molecule has 1 aromatic rings. The monoisotopic (exact) mass is 407 g/mol. The molecule has 0 aliphatic carbocycles. The molecule has 6 heteroatoms. The van der Waals surface area contributed by atoms with Gasteiger partial charge in [0.25, 0.3) is 0 Å². The summed E-state index contributed by atoms with van der Waals surface area (Å²) in [5, 5.41) is 6.50. The van der Waals surface area contributed by atoms with Gasteiger partial charge in [0.05, 0.1) is 20.8 Å². The quantitative estimate of drug-likeness (QED) is 0.415. The summed E-state index contributed by atoms with van der Waals surface area (Å²) in [5.41, 5.74) is 1.08. The molecular weight excluding hydrogens is 381 g/mol. The maximum atomic E-state index is 5.29. The highest BCUT2D eigenvalue weighted by molar-refractivity contribution is 14.0. The molecule has 5 nitrogen and oxygen atoms in total. The zero-order valence-electron chi connectivity index (χ0n) is 13.2. The van der Waals surface area contributed by atoms with E-state index in [1.54, 1.807) is 14.2 Å². The second-order valence-electron chi connectivity index (χ2n) is 4.31. The lowest BCUT2D eigenvalue weighted by Gasteiger charge is -2.11. The Balaban J connectivity index is 0.00000400. The van der Waals surface area contributed by atoms with Crippen molar-refractivity contribution in [2.45, 2.75) is 26.8 Å². The molecule has 0 unspecified atom stereocenters. The molecule has 0 saturated carbocycles. The van der Waals surface area contributed by atoms with Crippen LogP contribution in [0.2, 0.25) is 0 Å². The number of methoxy groups -OCH3 is 2. The lowest BCUT2D eigenvalue weighted by Crippen LogP contribution is -2.37. The Bertz CT molecular complexity index is 439. The normalized spacial score (nSPS) is 10.6. The molecule has 0 atom stereocenters. The number of benzene rings is 1. The lowest BCUT2D eigenvalue weighted by atomic mass is 10.2. The minimum absolute atomic E-state index is 0. The van der Waals surface area contributed by atoms with Crippen LogP contribution in [-0.4, -0.2) is 33.3 Å². The van der Waals surface area contributed by atoms with E-state index in [1.165, 1.54) is 0 Å². The van der Waals surface area contributed by atoms with Crippen molar-refractivity contribution < 1.29 is 9.47 Å². The Hall–Kier alpha value is -1.18. The maximum Gasteiger partial charge on any atom is 0.191 e. The van der Waals surface area contributed by atoms with Crippen molar-refractivity contribution in [3.05, 3.63) is 23.8 Å². The van der Waals surface area contributed by atoms with E-state index in [4.69, 9.17) is 9.47 Å². The molecule has 0 spiro atoms. The summed E-state index contributed by atoms with van der Waals surface area (Å²) >= 11 is 0. The number of nitrogens with one attached hydrogen (secondary N) is 2. The molecule has 2 N–H and O–H groups in total. The van der Waals surface area contributed by atoms with Gasteiger partial charge in [0, 0.05) is 13.1 Å². The van der Waals surface area contributed by atoms with Crippen LogP contribution in [-0.2, 0) is 6.54 Å². The highest BCUT2D eigenvalue weighted by Crippen LogP contribution is 2.27. The average Bonchev–Trinajstić information content (AvgIpc) is 2.49. The topological polar surface area (TPSA) is 54.9 Å². The summed E-state index contributed by atoms with van der Waals surface area (Å²) < 4.78 is 10.5. The fourth-order valence-electron chi connectivity index (χ4n) is 1.73. The molecule has 0 fully saturated rings. The van der Waals surface area contributed by atoms with Crippen molar-refractivity contribution in [3.8, 4) is 11.5 Å². The van der Waals surface area contributed by atoms with Gasteiger partial charge in [0.15, 0.2) is 17.5 Å². The molecule has 1 aromatic carbocycles. The largest absolute Gasteiger partial charge is 0.493 e. The fourth-order valence-corrected chi connectivity index (χ4v) is 1.73. The number of nitrogens with zero attached hydrogens (tertiary/aromatic N) is 1. The highest BCUT2D eigenvalue weighted by atomic mass is 127. The average molecular weight is 407 g/mol. The first-order valence-corrected chi connectivity index (χ1v) is 6.98. The Morgan fingerprint density at radius 2 is 1.81 bits per heavy atom. The van der Waals surface area contributed by atoms with Crippen LogP contribution in [0.4, 0.5) is 0 Å². The molecule has 0 aliphatic heterocycles. The van der Waals surface area contributed by atoms with Crippen molar-refractivity contribution in [1.29, 1.82) is 0 Å². The second-order valence-corrected chi connectivity index (χ2v) is 4.31. The molecule has 0 aliphatic rings. The molecule has 1 rings (SSSR count). The molecule has 0 heterocycles. The minimum Gasteiger partial charge on any atom is -0.493 e. The smallest absolute Gasteiger partial charge is 0.191 e. The van der Waals surface area contributed by atoms with Gasteiger partial charge in [-0.15, -0.1) is 24.0 Å². The summed E-state index contributed by atoms with van der Waals surface area (Å²) in [6, 6.07) is 5.84. The van der Waals surface area contributed by atoms with E-state index >= 15 is 0 Å². The van der Waals surface area contributed by atoms with Crippen molar-refractivity contribution in [1.82, 2.24) is 10.6 Å². The van der Waals surface area contributed by atoms with Gasteiger partial charge in [0.2, 0.25) is 0 Å². The van der Waals surface area contributed by atoms with Gasteiger partial charge in [-0.2, -0.15) is 0 Å². The summed E-state index contributed by atoms with van der Waals surface area (Å²) in [6.45, 7) is 6.54. The summed E-state index contributed by atoms with van der Waals surface area (Å²) in [7, 11) is 3.27. The van der Waals surface area contributed by atoms with E-state index in [0.717, 1.165) is 42.5 Å². The summed E-state index contributed by atoms with van der Waals surface area (Å²) in [5.74, 6) is 2.30. The van der Waals surface area contributed by atoms with Crippen LogP contribution in [0, 0.1) is 0 Å². The SMILES string of the molecule is CCCNC(=NCc1ccc(OC)c(OC)c1)NCC.I. The number of hydrogen-bond donors (Lipinski definition) is 2. The Kier molecular flexibility index (Phi) is 10.8. The molecule has 0 amide bonds. The van der Waals surface area contributed by atoms with Gasteiger partial charge in [-0.3, -0.25) is 0 Å². The fraction of sp³-hybridized carbons (Fsp3) is 0.533. The second kappa shape index (κ2) is 11.5. The van der Waals surface area contributed by atoms with Crippen LogP contribution in [0.25, 0.3) is 0 Å². The molecule has 0 saturated heterocycles. The molecule has 0 bridgehead atoms. The first-order valence-electron chi connectivity index (χ1n) is 6.98. The third kappa shape index (κ3) is 6.88. The van der Waals surface area contributed by atoms with E-state index in [-0.39, 0.29) is 24.0 Å². The summed E-state index contributed by atoms with van der Waals surface area (Å²) in [4.78, 5) is 4.55. The van der Waals surface area contributed by atoms with E-state index in [9.17, 15) is 0 Å². The van der Waals surface area contributed by atoms with E-state index < -0.39 is 0 Å². The molecule has 0 radical (unpaired) electrons. The highest BCUT2D eigenvalue weighted by Gasteiger charge is 2.04. The number of hydrogen-bond acceptors (Lipinski definition) is 3. The summed E-state index contributed by atoms with van der Waals surface area (Å²) in [6.07, 6.45) is 1.07. The number of ether oxygens (including phenoxy) is 2. The number of halogens is 1. The van der Waals surface area contributed by atoms with E-state index in [2.05, 4.69) is 29.5 Å². The Morgan fingerprint density at radius 3 is 2.38 bits per heavy atom. The molecule has 0 aromatic heterocycles. The van der Waals surface area contributed by atoms with Crippen molar-refractivity contribution in [2.75, 3.05) is 27.3 Å². The third-order valence-corrected chi connectivity index (χ3v) is 2.75. The maximum absolute atomic E-state index is 5.29. The van der Waals surface area contributed by atoms with Gasteiger partial charge in [-0.1, -0.05) is 13.0 Å². The number of rotatable bonds is 7. The molecular formula is C15H26IN3O2. The van der Waals surface area contributed by atoms with Crippen molar-refractivity contribution in [2.24, 2.45) is 4.99 Å². The predicted octanol–water partition coefficient (Wildman–Crippen LogP) is 2.79. The molecule has 21 heavy (non-hydrogen) atoms. The van der Waals surface area contributed by atoms with Crippen LogP contribution in [0.5, 0.6) is 11.5 Å². The van der Waals surface area contributed by atoms with Gasteiger partial charge in [0.1, 0.15) is 0 Å². The minimum atomic E-state index is 0. The first kappa shape index (κ1) is 19.8. The Labute approximate surface area is 144 Å². The van der Waals surface area contributed by atoms with E-state index in [1.807, 2.05) is 18.2 Å². The standard InChI is InChI=1S/C15H25N3O2.HI/c1-5-9-17-15(16-6-2)18-11-12-7-8-13(19-3)14(10-12)20-4;/h7-8,10H,5-6,9,11H2,1-4H3,(H2,16,17,18);1H. The third-order valence-electron chi connectivity index (χ3n) is 2.75. The van der Waals surface area contributed by atoms with Crippen molar-refractivity contribution >= 4 is 29.9 Å². The van der Waals surface area contributed by atoms with Crippen LogP contribution >= 0.6 is 24.0 Å². The zero-order chi connectivity index (χ0) is 14.8. The van der Waals surface area contributed by atoms with Gasteiger partial charge >= 0.3 is 0 Å². The molecule has 120 valence electrons. The van der Waals surface area contributed by atoms with Gasteiger partial charge < -0.3 is 20.1 Å².